The molecule has 27 heavy (non-hydrogen) atoms. The summed E-state index contributed by atoms with van der Waals surface area (Å²) in [5.74, 6) is 0.447. The molecule has 3 heterocycles. The first-order chi connectivity index (χ1) is 13.1. The number of carbonyl (C=O) groups is 1. The van der Waals surface area contributed by atoms with Crippen molar-refractivity contribution in [2.24, 2.45) is 0 Å². The zero-order valence-electron chi connectivity index (χ0n) is 14.5. The number of aromatic nitrogens is 4. The Bertz CT molecular complexity index is 1080. The van der Waals surface area contributed by atoms with E-state index in [0.29, 0.717) is 43.2 Å². The Labute approximate surface area is 153 Å². The van der Waals surface area contributed by atoms with Gasteiger partial charge in [0.1, 0.15) is 6.54 Å². The van der Waals surface area contributed by atoms with Gasteiger partial charge in [0.25, 0.3) is 0 Å². The normalized spacial score (nSPS) is 14.5. The molecule has 0 saturated carbocycles. The quantitative estimate of drug-likeness (QED) is 0.646. The lowest BCUT2D eigenvalue weighted by molar-refractivity contribution is -0.132. The van der Waals surface area contributed by atoms with E-state index in [9.17, 15) is 14.4 Å². The van der Waals surface area contributed by atoms with Crippen molar-refractivity contribution in [2.45, 2.75) is 6.54 Å². The molecule has 0 bridgehead atoms. The summed E-state index contributed by atoms with van der Waals surface area (Å²) >= 11 is 0. The molecule has 4 rings (SSSR count). The molecule has 1 saturated heterocycles. The number of hydrogen-bond donors (Lipinski definition) is 1. The highest BCUT2D eigenvalue weighted by molar-refractivity contribution is 5.80. The predicted molar refractivity (Wildman–Crippen MR) is 99.7 cm³/mol. The molecule has 2 aromatic heterocycles. The van der Waals surface area contributed by atoms with Crippen LogP contribution in [0.5, 0.6) is 0 Å². The van der Waals surface area contributed by atoms with E-state index in [-0.39, 0.29) is 12.5 Å². The Balaban J connectivity index is 1.51. The number of aromatic amines is 1. The number of amides is 1. The van der Waals surface area contributed by atoms with Crippen LogP contribution in [0.25, 0.3) is 11.0 Å². The van der Waals surface area contributed by atoms with Gasteiger partial charge in [-0.15, -0.1) is 0 Å². The molecular weight excluding hydrogens is 348 g/mol. The highest BCUT2D eigenvalue weighted by Gasteiger charge is 2.23. The molecule has 0 atom stereocenters. The van der Waals surface area contributed by atoms with Gasteiger partial charge in [0.2, 0.25) is 11.9 Å². The SMILES string of the molecule is O=C(Cn1c(=O)c(=O)[nH]c2ccccc21)N1CCN(c2ncccn2)CC1. The van der Waals surface area contributed by atoms with Crippen molar-refractivity contribution in [2.75, 3.05) is 31.1 Å². The van der Waals surface area contributed by atoms with Gasteiger partial charge >= 0.3 is 11.1 Å². The zero-order valence-corrected chi connectivity index (χ0v) is 14.5. The molecule has 1 fully saturated rings. The van der Waals surface area contributed by atoms with Crippen molar-refractivity contribution in [3.63, 3.8) is 0 Å². The smallest absolute Gasteiger partial charge is 0.317 e. The summed E-state index contributed by atoms with van der Waals surface area (Å²) < 4.78 is 1.24. The first-order valence-corrected chi connectivity index (χ1v) is 8.65. The maximum Gasteiger partial charge on any atom is 0.317 e. The van der Waals surface area contributed by atoms with Crippen molar-refractivity contribution in [3.8, 4) is 0 Å². The van der Waals surface area contributed by atoms with Crippen LogP contribution < -0.4 is 16.0 Å². The second-order valence-electron chi connectivity index (χ2n) is 6.28. The number of rotatable bonds is 3. The molecule has 1 amide bonds. The summed E-state index contributed by atoms with van der Waals surface area (Å²) in [5, 5.41) is 0. The van der Waals surface area contributed by atoms with Crippen LogP contribution in [0.15, 0.2) is 52.3 Å². The Morgan fingerprint density at radius 2 is 1.70 bits per heavy atom. The number of piperazine rings is 1. The number of nitrogens with zero attached hydrogens (tertiary/aromatic N) is 5. The van der Waals surface area contributed by atoms with Crippen LogP contribution in [-0.4, -0.2) is 56.5 Å². The van der Waals surface area contributed by atoms with E-state index in [1.165, 1.54) is 4.57 Å². The molecule has 138 valence electrons. The monoisotopic (exact) mass is 366 g/mol. The van der Waals surface area contributed by atoms with Crippen LogP contribution in [0.2, 0.25) is 0 Å². The van der Waals surface area contributed by atoms with Crippen molar-refractivity contribution in [3.05, 3.63) is 63.4 Å². The maximum atomic E-state index is 12.7. The topological polar surface area (TPSA) is 104 Å². The molecule has 0 spiro atoms. The van der Waals surface area contributed by atoms with Gasteiger partial charge in [0.05, 0.1) is 11.0 Å². The number of anilines is 1. The van der Waals surface area contributed by atoms with Crippen LogP contribution in [0.3, 0.4) is 0 Å². The molecule has 9 nitrogen and oxygen atoms in total. The van der Waals surface area contributed by atoms with Crippen molar-refractivity contribution in [1.29, 1.82) is 0 Å². The second-order valence-corrected chi connectivity index (χ2v) is 6.28. The number of nitrogens with one attached hydrogen (secondary N) is 1. The molecule has 0 unspecified atom stereocenters. The van der Waals surface area contributed by atoms with E-state index in [1.807, 2.05) is 4.90 Å². The van der Waals surface area contributed by atoms with E-state index in [0.717, 1.165) is 0 Å². The highest BCUT2D eigenvalue weighted by atomic mass is 16.2. The average Bonchev–Trinajstić information content (AvgIpc) is 2.72. The van der Waals surface area contributed by atoms with Crippen LogP contribution >= 0.6 is 0 Å². The van der Waals surface area contributed by atoms with E-state index in [4.69, 9.17) is 0 Å². The van der Waals surface area contributed by atoms with Crippen LogP contribution in [0.4, 0.5) is 5.95 Å². The molecule has 1 aromatic carbocycles. The van der Waals surface area contributed by atoms with Gasteiger partial charge in [-0.1, -0.05) is 12.1 Å². The Morgan fingerprint density at radius 1 is 1.00 bits per heavy atom. The molecular formula is C18H18N6O3. The number of para-hydroxylation sites is 2. The van der Waals surface area contributed by atoms with Crippen LogP contribution in [0, 0.1) is 0 Å². The fraction of sp³-hybridized carbons (Fsp3) is 0.278. The molecule has 1 aliphatic rings. The van der Waals surface area contributed by atoms with Gasteiger partial charge in [-0.3, -0.25) is 19.0 Å². The number of carbonyl (C=O) groups excluding carboxylic acids is 1. The third kappa shape index (κ3) is 3.31. The van der Waals surface area contributed by atoms with E-state index >= 15 is 0 Å². The summed E-state index contributed by atoms with van der Waals surface area (Å²) in [6.07, 6.45) is 3.37. The summed E-state index contributed by atoms with van der Waals surface area (Å²) in [6.45, 7) is 2.08. The molecule has 9 heteroatoms. The third-order valence-electron chi connectivity index (χ3n) is 4.64. The second kappa shape index (κ2) is 7.02. The molecule has 1 N–H and O–H groups in total. The molecule has 0 aliphatic carbocycles. The highest BCUT2D eigenvalue weighted by Crippen LogP contribution is 2.11. The Kier molecular flexibility index (Phi) is 4.41. The van der Waals surface area contributed by atoms with E-state index < -0.39 is 11.1 Å². The van der Waals surface area contributed by atoms with Gasteiger partial charge in [-0.25, -0.2) is 9.97 Å². The molecule has 0 radical (unpaired) electrons. The van der Waals surface area contributed by atoms with Gasteiger partial charge in [-0.05, 0) is 18.2 Å². The third-order valence-corrected chi connectivity index (χ3v) is 4.64. The largest absolute Gasteiger partial charge is 0.338 e. The fourth-order valence-electron chi connectivity index (χ4n) is 3.23. The fourth-order valence-corrected chi connectivity index (χ4v) is 3.23. The number of H-pyrrole nitrogens is 1. The Morgan fingerprint density at radius 3 is 2.44 bits per heavy atom. The van der Waals surface area contributed by atoms with Crippen LogP contribution in [0.1, 0.15) is 0 Å². The minimum atomic E-state index is -0.729. The number of fused-ring (bicyclic) bond motifs is 1. The van der Waals surface area contributed by atoms with Gasteiger partial charge < -0.3 is 14.8 Å². The summed E-state index contributed by atoms with van der Waals surface area (Å²) in [5.41, 5.74) is -0.390. The van der Waals surface area contributed by atoms with Gasteiger partial charge in [-0.2, -0.15) is 0 Å². The van der Waals surface area contributed by atoms with Crippen LogP contribution in [-0.2, 0) is 11.3 Å². The average molecular weight is 366 g/mol. The summed E-state index contributed by atoms with van der Waals surface area (Å²) in [4.78, 5) is 51.6. The lowest BCUT2D eigenvalue weighted by atomic mass is 10.2. The van der Waals surface area contributed by atoms with Crippen molar-refractivity contribution in [1.82, 2.24) is 24.4 Å². The first kappa shape index (κ1) is 17.0. The lowest BCUT2D eigenvalue weighted by Gasteiger charge is -2.34. The Hall–Kier alpha value is -3.49. The minimum absolute atomic E-state index is 0.162. The first-order valence-electron chi connectivity index (χ1n) is 8.65. The maximum absolute atomic E-state index is 12.7. The summed E-state index contributed by atoms with van der Waals surface area (Å²) in [7, 11) is 0. The predicted octanol–water partition coefficient (Wildman–Crippen LogP) is -0.171. The summed E-state index contributed by atoms with van der Waals surface area (Å²) in [6, 6.07) is 8.70. The molecule has 3 aromatic rings. The van der Waals surface area contributed by atoms with E-state index in [2.05, 4.69) is 15.0 Å². The van der Waals surface area contributed by atoms with Crippen molar-refractivity contribution < 1.29 is 4.79 Å². The van der Waals surface area contributed by atoms with Gasteiger partial charge in [0, 0.05) is 38.6 Å². The minimum Gasteiger partial charge on any atom is -0.338 e. The standard InChI is InChI=1S/C18H18N6O3/c25-15(22-8-10-23(11-9-22)18-19-6-3-7-20-18)12-24-14-5-2-1-4-13(14)21-16(26)17(24)27/h1-7H,8-12H2,(H,21,26). The van der Waals surface area contributed by atoms with Gasteiger partial charge in [0.15, 0.2) is 0 Å². The lowest BCUT2D eigenvalue weighted by Crippen LogP contribution is -2.51. The number of hydrogen-bond acceptors (Lipinski definition) is 6. The van der Waals surface area contributed by atoms with E-state index in [1.54, 1.807) is 47.6 Å². The number of benzene rings is 1. The molecule has 1 aliphatic heterocycles. The van der Waals surface area contributed by atoms with Crippen molar-refractivity contribution >= 4 is 22.9 Å². The zero-order chi connectivity index (χ0) is 18.8.